The Labute approximate surface area is 109 Å². The van der Waals surface area contributed by atoms with E-state index in [-0.39, 0.29) is 17.3 Å². The molecule has 0 bridgehead atoms. The van der Waals surface area contributed by atoms with Crippen LogP contribution in [0.4, 0.5) is 24.5 Å². The smallest absolute Gasteiger partial charge is 0.398 e. The van der Waals surface area contributed by atoms with Gasteiger partial charge in [0.25, 0.3) is 0 Å². The van der Waals surface area contributed by atoms with Gasteiger partial charge in [0, 0.05) is 18.0 Å². The van der Waals surface area contributed by atoms with Crippen LogP contribution >= 0.6 is 0 Å². The van der Waals surface area contributed by atoms with Crippen molar-refractivity contribution < 1.29 is 17.9 Å². The maximum atomic E-state index is 12.8. The monoisotopic (exact) mass is 274 g/mol. The van der Waals surface area contributed by atoms with E-state index in [1.54, 1.807) is 6.07 Å². The summed E-state index contributed by atoms with van der Waals surface area (Å²) in [5, 5.41) is 3.13. The zero-order chi connectivity index (χ0) is 14.3. The summed E-state index contributed by atoms with van der Waals surface area (Å²) in [6.07, 6.45) is -3.75. The molecule has 106 valence electrons. The Morgan fingerprint density at radius 2 is 2.11 bits per heavy atom. The predicted molar refractivity (Wildman–Crippen MR) is 67.9 cm³/mol. The second kappa shape index (κ2) is 4.59. The summed E-state index contributed by atoms with van der Waals surface area (Å²) in [6, 6.07) is 3.88. The molecule has 1 aliphatic rings. The van der Waals surface area contributed by atoms with E-state index < -0.39 is 11.7 Å². The third kappa shape index (κ3) is 2.78. The minimum Gasteiger partial charge on any atom is -0.398 e. The molecule has 0 saturated carbocycles. The van der Waals surface area contributed by atoms with Crippen LogP contribution in [0.3, 0.4) is 0 Å². The second-order valence-electron chi connectivity index (χ2n) is 5.11. The summed E-state index contributed by atoms with van der Waals surface area (Å²) in [7, 11) is 0. The summed E-state index contributed by atoms with van der Waals surface area (Å²) >= 11 is 0. The number of ether oxygens (including phenoxy) is 1. The number of anilines is 2. The van der Waals surface area contributed by atoms with Gasteiger partial charge in [-0.2, -0.15) is 13.2 Å². The van der Waals surface area contributed by atoms with Crippen molar-refractivity contribution in [1.29, 1.82) is 0 Å². The topological polar surface area (TPSA) is 47.3 Å². The molecular formula is C13H17F3N2O. The van der Waals surface area contributed by atoms with Crippen LogP contribution in [-0.4, -0.2) is 18.2 Å². The van der Waals surface area contributed by atoms with Gasteiger partial charge in [-0.15, -0.1) is 0 Å². The van der Waals surface area contributed by atoms with E-state index >= 15 is 0 Å². The van der Waals surface area contributed by atoms with Gasteiger partial charge in [-0.1, -0.05) is 0 Å². The minimum absolute atomic E-state index is 0.0561. The first-order chi connectivity index (χ1) is 8.72. The Hall–Kier alpha value is -1.43. The van der Waals surface area contributed by atoms with Crippen LogP contribution in [0.25, 0.3) is 0 Å². The van der Waals surface area contributed by atoms with Gasteiger partial charge in [0.2, 0.25) is 0 Å². The Morgan fingerprint density at radius 3 is 2.63 bits per heavy atom. The van der Waals surface area contributed by atoms with Crippen LogP contribution in [0.5, 0.6) is 0 Å². The molecule has 0 amide bonds. The zero-order valence-corrected chi connectivity index (χ0v) is 10.8. The fourth-order valence-corrected chi connectivity index (χ4v) is 2.21. The molecule has 1 aliphatic heterocycles. The number of rotatable bonds is 2. The Balaban J connectivity index is 2.27. The van der Waals surface area contributed by atoms with Crippen LogP contribution in [0.2, 0.25) is 0 Å². The van der Waals surface area contributed by atoms with E-state index in [2.05, 4.69) is 5.32 Å². The third-order valence-corrected chi connectivity index (χ3v) is 3.68. The second-order valence-corrected chi connectivity index (χ2v) is 5.11. The maximum Gasteiger partial charge on any atom is 0.418 e. The SMILES string of the molecule is CC1OCCC1(C)Nc1ccc(N)c(C(F)(F)F)c1. The normalized spacial score (nSPS) is 27.5. The van der Waals surface area contributed by atoms with Gasteiger partial charge in [0.15, 0.2) is 0 Å². The van der Waals surface area contributed by atoms with Gasteiger partial charge in [-0.05, 0) is 38.5 Å². The number of nitrogen functional groups attached to an aromatic ring is 1. The number of hydrogen-bond donors (Lipinski definition) is 2. The van der Waals surface area contributed by atoms with Crippen molar-refractivity contribution in [2.75, 3.05) is 17.7 Å². The number of nitrogens with two attached hydrogens (primary N) is 1. The highest BCUT2D eigenvalue weighted by atomic mass is 19.4. The standard InChI is InChI=1S/C13H17F3N2O/c1-8-12(2,5-6-19-8)18-9-3-4-11(17)10(7-9)13(14,15)16/h3-4,7-8,18H,5-6,17H2,1-2H3. The lowest BCUT2D eigenvalue weighted by Gasteiger charge is -2.30. The first-order valence-corrected chi connectivity index (χ1v) is 6.09. The van der Waals surface area contributed by atoms with Crippen molar-refractivity contribution in [2.24, 2.45) is 0 Å². The van der Waals surface area contributed by atoms with Crippen LogP contribution in [0.1, 0.15) is 25.8 Å². The number of nitrogens with one attached hydrogen (secondary N) is 1. The fourth-order valence-electron chi connectivity index (χ4n) is 2.21. The van der Waals surface area contributed by atoms with Crippen LogP contribution in [0.15, 0.2) is 18.2 Å². The number of hydrogen-bond acceptors (Lipinski definition) is 3. The van der Waals surface area contributed by atoms with Crippen molar-refractivity contribution in [3.8, 4) is 0 Å². The summed E-state index contributed by atoms with van der Waals surface area (Å²) in [6.45, 7) is 4.45. The molecule has 3 N–H and O–H groups in total. The van der Waals surface area contributed by atoms with Crippen molar-refractivity contribution in [2.45, 2.75) is 38.1 Å². The van der Waals surface area contributed by atoms with Gasteiger partial charge >= 0.3 is 6.18 Å². The Kier molecular flexibility index (Phi) is 3.38. The third-order valence-electron chi connectivity index (χ3n) is 3.68. The molecule has 0 aliphatic carbocycles. The van der Waals surface area contributed by atoms with Crippen molar-refractivity contribution in [1.82, 2.24) is 0 Å². The first-order valence-electron chi connectivity index (χ1n) is 6.09. The Bertz CT molecular complexity index is 475. The first kappa shape index (κ1) is 14.0. The molecule has 0 radical (unpaired) electrons. The molecule has 1 saturated heterocycles. The highest BCUT2D eigenvalue weighted by Gasteiger charge is 2.38. The maximum absolute atomic E-state index is 12.8. The van der Waals surface area contributed by atoms with Crippen LogP contribution in [-0.2, 0) is 10.9 Å². The lowest BCUT2D eigenvalue weighted by atomic mass is 9.94. The molecule has 1 aromatic rings. The van der Waals surface area contributed by atoms with Crippen LogP contribution in [0, 0.1) is 0 Å². The molecule has 1 aromatic carbocycles. The lowest BCUT2D eigenvalue weighted by Crippen LogP contribution is -2.41. The molecule has 2 unspecified atom stereocenters. The van der Waals surface area contributed by atoms with Gasteiger partial charge < -0.3 is 15.8 Å². The highest BCUT2D eigenvalue weighted by Crippen LogP contribution is 2.37. The number of benzene rings is 1. The van der Waals surface area contributed by atoms with E-state index in [1.165, 1.54) is 6.07 Å². The number of halogens is 3. The average molecular weight is 274 g/mol. The minimum atomic E-state index is -4.44. The molecule has 19 heavy (non-hydrogen) atoms. The zero-order valence-electron chi connectivity index (χ0n) is 10.8. The molecule has 3 nitrogen and oxygen atoms in total. The van der Waals surface area contributed by atoms with E-state index in [0.717, 1.165) is 12.5 Å². The fraction of sp³-hybridized carbons (Fsp3) is 0.538. The van der Waals surface area contributed by atoms with Gasteiger partial charge in [-0.3, -0.25) is 0 Å². The molecule has 6 heteroatoms. The van der Waals surface area contributed by atoms with Crippen molar-refractivity contribution in [3.63, 3.8) is 0 Å². The summed E-state index contributed by atoms with van der Waals surface area (Å²) in [4.78, 5) is 0. The average Bonchev–Trinajstić information content (AvgIpc) is 2.60. The molecule has 2 rings (SSSR count). The van der Waals surface area contributed by atoms with Gasteiger partial charge in [0.05, 0.1) is 17.2 Å². The predicted octanol–water partition coefficient (Wildman–Crippen LogP) is 3.27. The summed E-state index contributed by atoms with van der Waals surface area (Å²) in [5.41, 5.74) is 4.34. The summed E-state index contributed by atoms with van der Waals surface area (Å²) in [5.74, 6) is 0. The van der Waals surface area contributed by atoms with Gasteiger partial charge in [-0.25, -0.2) is 0 Å². The quantitative estimate of drug-likeness (QED) is 0.814. The Morgan fingerprint density at radius 1 is 1.42 bits per heavy atom. The molecule has 0 aromatic heterocycles. The lowest BCUT2D eigenvalue weighted by molar-refractivity contribution is -0.136. The molecule has 2 atom stereocenters. The molecule has 0 spiro atoms. The number of alkyl halides is 3. The largest absolute Gasteiger partial charge is 0.418 e. The van der Waals surface area contributed by atoms with E-state index in [4.69, 9.17) is 10.5 Å². The summed E-state index contributed by atoms with van der Waals surface area (Å²) < 4.78 is 43.8. The molecule has 1 fully saturated rings. The van der Waals surface area contributed by atoms with Crippen molar-refractivity contribution in [3.05, 3.63) is 23.8 Å². The van der Waals surface area contributed by atoms with Crippen molar-refractivity contribution >= 4 is 11.4 Å². The van der Waals surface area contributed by atoms with E-state index in [0.29, 0.717) is 12.3 Å². The van der Waals surface area contributed by atoms with Gasteiger partial charge in [0.1, 0.15) is 0 Å². The van der Waals surface area contributed by atoms with Crippen LogP contribution < -0.4 is 11.1 Å². The molecule has 1 heterocycles. The highest BCUT2D eigenvalue weighted by molar-refractivity contribution is 5.59. The van der Waals surface area contributed by atoms with E-state index in [9.17, 15) is 13.2 Å². The van der Waals surface area contributed by atoms with E-state index in [1.807, 2.05) is 13.8 Å². The molecular weight excluding hydrogens is 257 g/mol.